The lowest BCUT2D eigenvalue weighted by Crippen LogP contribution is -2.39. The Labute approximate surface area is 162 Å². The summed E-state index contributed by atoms with van der Waals surface area (Å²) in [7, 11) is 1.52. The molecule has 0 saturated carbocycles. The number of carbonyl (C=O) groups excluding carboxylic acids is 3. The van der Waals surface area contributed by atoms with Gasteiger partial charge in [-0.15, -0.1) is 0 Å². The maximum Gasteiger partial charge on any atom is 0.243 e. The Morgan fingerprint density at radius 3 is 2.54 bits per heavy atom. The van der Waals surface area contributed by atoms with E-state index in [4.69, 9.17) is 0 Å². The zero-order valence-corrected chi connectivity index (χ0v) is 15.8. The van der Waals surface area contributed by atoms with Crippen molar-refractivity contribution in [2.75, 3.05) is 30.4 Å². The molecule has 1 aliphatic heterocycles. The number of benzene rings is 2. The van der Waals surface area contributed by atoms with E-state index < -0.39 is 11.7 Å². The van der Waals surface area contributed by atoms with E-state index in [1.54, 1.807) is 24.3 Å². The first-order chi connectivity index (χ1) is 13.3. The molecule has 1 heterocycles. The van der Waals surface area contributed by atoms with Gasteiger partial charge >= 0.3 is 0 Å². The summed E-state index contributed by atoms with van der Waals surface area (Å²) >= 11 is 0. The first-order valence-electron chi connectivity index (χ1n) is 9.01. The molecule has 2 aromatic rings. The van der Waals surface area contributed by atoms with E-state index in [9.17, 15) is 18.8 Å². The molecule has 0 aromatic heterocycles. The van der Waals surface area contributed by atoms with Gasteiger partial charge in [-0.05, 0) is 31.2 Å². The monoisotopic (exact) mass is 383 g/mol. The van der Waals surface area contributed by atoms with E-state index in [-0.39, 0.29) is 42.9 Å². The number of nitrogens with zero attached hydrogens (tertiary/aromatic N) is 2. The highest BCUT2D eigenvalue weighted by Gasteiger charge is 2.37. The van der Waals surface area contributed by atoms with Crippen molar-refractivity contribution in [3.63, 3.8) is 0 Å². The average Bonchev–Trinajstić information content (AvgIpc) is 3.04. The lowest BCUT2D eigenvalue weighted by molar-refractivity contribution is -0.137. The summed E-state index contributed by atoms with van der Waals surface area (Å²) in [5.41, 5.74) is 1.90. The summed E-state index contributed by atoms with van der Waals surface area (Å²) in [5, 5.41) is 2.74. The molecule has 3 amide bonds. The number of para-hydroxylation sites is 1. The number of rotatable bonds is 5. The van der Waals surface area contributed by atoms with Crippen LogP contribution < -0.4 is 10.2 Å². The topological polar surface area (TPSA) is 69.7 Å². The molecule has 146 valence electrons. The van der Waals surface area contributed by atoms with Crippen LogP contribution >= 0.6 is 0 Å². The Hall–Kier alpha value is -3.22. The summed E-state index contributed by atoms with van der Waals surface area (Å²) < 4.78 is 14.0. The van der Waals surface area contributed by atoms with Crippen LogP contribution in [0, 0.1) is 18.7 Å². The Balaban J connectivity index is 1.59. The van der Waals surface area contributed by atoms with Gasteiger partial charge in [0.2, 0.25) is 17.7 Å². The van der Waals surface area contributed by atoms with Gasteiger partial charge < -0.3 is 15.1 Å². The molecule has 1 fully saturated rings. The van der Waals surface area contributed by atoms with Gasteiger partial charge in [0.05, 0.1) is 18.2 Å². The molecule has 2 aromatic carbocycles. The van der Waals surface area contributed by atoms with Crippen LogP contribution in [0.25, 0.3) is 0 Å². The number of amides is 3. The minimum atomic E-state index is -0.607. The predicted octanol–water partition coefficient (Wildman–Crippen LogP) is 2.58. The molecule has 1 N–H and O–H groups in total. The number of carbonyl (C=O) groups is 3. The number of anilines is 2. The average molecular weight is 383 g/mol. The van der Waals surface area contributed by atoms with Crippen LogP contribution in [-0.2, 0) is 14.4 Å². The second-order valence-electron chi connectivity index (χ2n) is 6.97. The standard InChI is InChI=1S/C21H22FN3O3/c1-14-7-9-16(10-8-14)23-19(26)13-24(2)21(28)15-11-20(27)25(12-15)18-6-4-3-5-17(18)22/h3-10,15H,11-13H2,1-2H3,(H,23,26)/t15-/m0/s1. The molecule has 28 heavy (non-hydrogen) atoms. The van der Waals surface area contributed by atoms with Gasteiger partial charge in [0.1, 0.15) is 5.82 Å². The van der Waals surface area contributed by atoms with Crippen molar-refractivity contribution in [3.8, 4) is 0 Å². The Morgan fingerprint density at radius 1 is 1.18 bits per heavy atom. The van der Waals surface area contributed by atoms with E-state index in [2.05, 4.69) is 5.32 Å². The third-order valence-electron chi connectivity index (χ3n) is 4.71. The van der Waals surface area contributed by atoms with Gasteiger partial charge in [0.25, 0.3) is 0 Å². The van der Waals surface area contributed by atoms with Gasteiger partial charge in [0.15, 0.2) is 0 Å². The van der Waals surface area contributed by atoms with Gasteiger partial charge in [0, 0.05) is 25.7 Å². The van der Waals surface area contributed by atoms with E-state index in [0.717, 1.165) is 5.56 Å². The van der Waals surface area contributed by atoms with E-state index in [1.807, 2.05) is 19.1 Å². The smallest absolute Gasteiger partial charge is 0.243 e. The van der Waals surface area contributed by atoms with Crippen LogP contribution in [0.4, 0.5) is 15.8 Å². The van der Waals surface area contributed by atoms with Gasteiger partial charge in [-0.2, -0.15) is 0 Å². The number of aryl methyl sites for hydroxylation is 1. The van der Waals surface area contributed by atoms with Crippen LogP contribution in [0.15, 0.2) is 48.5 Å². The van der Waals surface area contributed by atoms with Gasteiger partial charge in [-0.3, -0.25) is 14.4 Å². The molecule has 1 saturated heterocycles. The van der Waals surface area contributed by atoms with Crippen LogP contribution in [0.3, 0.4) is 0 Å². The summed E-state index contributed by atoms with van der Waals surface area (Å²) in [4.78, 5) is 39.7. The van der Waals surface area contributed by atoms with E-state index in [0.29, 0.717) is 5.69 Å². The molecule has 0 aliphatic carbocycles. The molecule has 3 rings (SSSR count). The zero-order valence-electron chi connectivity index (χ0n) is 15.8. The molecular formula is C21H22FN3O3. The summed E-state index contributed by atoms with van der Waals surface area (Å²) in [5.74, 6) is -2.05. The molecule has 0 bridgehead atoms. The SMILES string of the molecule is Cc1ccc(NC(=O)CN(C)C(=O)[C@H]2CC(=O)N(c3ccccc3F)C2)cc1. The van der Waals surface area contributed by atoms with Crippen molar-refractivity contribution < 1.29 is 18.8 Å². The second-order valence-corrected chi connectivity index (χ2v) is 6.97. The maximum atomic E-state index is 14.0. The summed E-state index contributed by atoms with van der Waals surface area (Å²) in [6, 6.07) is 13.3. The predicted molar refractivity (Wildman–Crippen MR) is 104 cm³/mol. The minimum absolute atomic E-state index is 0.00289. The fourth-order valence-corrected chi connectivity index (χ4v) is 3.22. The van der Waals surface area contributed by atoms with Crippen LogP contribution in [0.2, 0.25) is 0 Å². The first kappa shape index (κ1) is 19.5. The van der Waals surface area contributed by atoms with E-state index >= 15 is 0 Å². The van der Waals surface area contributed by atoms with Crippen molar-refractivity contribution in [1.29, 1.82) is 0 Å². The number of nitrogens with one attached hydrogen (secondary N) is 1. The van der Waals surface area contributed by atoms with Crippen LogP contribution in [0.5, 0.6) is 0 Å². The fraction of sp³-hybridized carbons (Fsp3) is 0.286. The highest BCUT2D eigenvalue weighted by Crippen LogP contribution is 2.28. The molecular weight excluding hydrogens is 361 g/mol. The minimum Gasteiger partial charge on any atom is -0.336 e. The lowest BCUT2D eigenvalue weighted by Gasteiger charge is -2.21. The Kier molecular flexibility index (Phi) is 5.73. The largest absolute Gasteiger partial charge is 0.336 e. The molecule has 0 radical (unpaired) electrons. The van der Waals surface area contributed by atoms with Gasteiger partial charge in [-0.25, -0.2) is 4.39 Å². The maximum absolute atomic E-state index is 14.0. The first-order valence-corrected chi connectivity index (χ1v) is 9.01. The molecule has 1 aliphatic rings. The molecule has 0 spiro atoms. The van der Waals surface area contributed by atoms with Crippen molar-refractivity contribution in [2.24, 2.45) is 5.92 Å². The number of hydrogen-bond donors (Lipinski definition) is 1. The second kappa shape index (κ2) is 8.21. The Bertz CT molecular complexity index is 898. The Morgan fingerprint density at radius 2 is 1.86 bits per heavy atom. The number of likely N-dealkylation sites (N-methyl/N-ethyl adjacent to an activating group) is 1. The van der Waals surface area contributed by atoms with Crippen molar-refractivity contribution in [2.45, 2.75) is 13.3 Å². The van der Waals surface area contributed by atoms with Crippen LogP contribution in [-0.4, -0.2) is 42.8 Å². The third kappa shape index (κ3) is 4.36. The zero-order chi connectivity index (χ0) is 20.3. The summed E-state index contributed by atoms with van der Waals surface area (Å²) in [6.45, 7) is 1.92. The van der Waals surface area contributed by atoms with Gasteiger partial charge in [-0.1, -0.05) is 29.8 Å². The molecule has 0 unspecified atom stereocenters. The highest BCUT2D eigenvalue weighted by molar-refractivity contribution is 6.01. The normalized spacial score (nSPS) is 16.2. The lowest BCUT2D eigenvalue weighted by atomic mass is 10.1. The number of hydrogen-bond acceptors (Lipinski definition) is 3. The van der Waals surface area contributed by atoms with E-state index in [1.165, 1.54) is 29.0 Å². The van der Waals surface area contributed by atoms with Crippen molar-refractivity contribution in [3.05, 3.63) is 59.9 Å². The highest BCUT2D eigenvalue weighted by atomic mass is 19.1. The molecule has 6 nitrogen and oxygen atoms in total. The quantitative estimate of drug-likeness (QED) is 0.863. The number of halogens is 1. The molecule has 7 heteroatoms. The fourth-order valence-electron chi connectivity index (χ4n) is 3.22. The third-order valence-corrected chi connectivity index (χ3v) is 4.71. The van der Waals surface area contributed by atoms with Crippen molar-refractivity contribution in [1.82, 2.24) is 4.90 Å². The van der Waals surface area contributed by atoms with Crippen molar-refractivity contribution >= 4 is 29.1 Å². The molecule has 1 atom stereocenters. The van der Waals surface area contributed by atoms with Crippen LogP contribution in [0.1, 0.15) is 12.0 Å². The summed E-state index contributed by atoms with van der Waals surface area (Å²) in [6.07, 6.45) is -0.00289.